The molecule has 112 valence electrons. The smallest absolute Gasteiger partial charge is 0.170 e. The van der Waals surface area contributed by atoms with Crippen molar-refractivity contribution in [3.05, 3.63) is 69.8 Å². The van der Waals surface area contributed by atoms with Gasteiger partial charge in [-0.15, -0.1) is 0 Å². The van der Waals surface area contributed by atoms with E-state index >= 15 is 0 Å². The van der Waals surface area contributed by atoms with Crippen molar-refractivity contribution in [2.24, 2.45) is 0 Å². The molecule has 22 heavy (non-hydrogen) atoms. The monoisotopic (exact) mass is 312 g/mol. The standard InChI is InChI=1S/C19H17ClO2/c1-12-9-19-15(10-16(12)20)17(21)11-18(22-19)13(2)8-14-6-4-3-5-7-14/h3-10,18H,11H2,1-2H3/b13-8+/t18-/m0/s1. The van der Waals surface area contributed by atoms with Crippen LogP contribution in [-0.4, -0.2) is 11.9 Å². The Morgan fingerprint density at radius 2 is 2.00 bits per heavy atom. The van der Waals surface area contributed by atoms with Crippen LogP contribution in [0.2, 0.25) is 5.02 Å². The number of benzene rings is 2. The van der Waals surface area contributed by atoms with Crippen LogP contribution < -0.4 is 4.74 Å². The van der Waals surface area contributed by atoms with Crippen LogP contribution in [0.15, 0.2) is 48.0 Å². The van der Waals surface area contributed by atoms with E-state index in [1.807, 2.05) is 50.2 Å². The number of carbonyl (C=O) groups excluding carboxylic acids is 1. The average molecular weight is 313 g/mol. The van der Waals surface area contributed by atoms with E-state index in [1.165, 1.54) is 0 Å². The van der Waals surface area contributed by atoms with E-state index < -0.39 is 0 Å². The predicted molar refractivity (Wildman–Crippen MR) is 89.6 cm³/mol. The summed E-state index contributed by atoms with van der Waals surface area (Å²) in [5.74, 6) is 0.706. The van der Waals surface area contributed by atoms with E-state index in [9.17, 15) is 4.79 Å². The predicted octanol–water partition coefficient (Wildman–Crippen LogP) is 5.09. The Balaban J connectivity index is 1.90. The molecule has 0 amide bonds. The molecule has 0 unspecified atom stereocenters. The molecule has 0 aromatic heterocycles. The van der Waals surface area contributed by atoms with Crippen molar-refractivity contribution in [1.82, 2.24) is 0 Å². The van der Waals surface area contributed by atoms with E-state index in [-0.39, 0.29) is 11.9 Å². The second-order valence-electron chi connectivity index (χ2n) is 5.63. The van der Waals surface area contributed by atoms with Gasteiger partial charge < -0.3 is 4.74 Å². The number of aryl methyl sites for hydroxylation is 1. The lowest BCUT2D eigenvalue weighted by atomic mass is 9.95. The Bertz CT molecular complexity index is 748. The first-order valence-electron chi connectivity index (χ1n) is 7.28. The zero-order chi connectivity index (χ0) is 15.7. The molecule has 2 aromatic rings. The highest BCUT2D eigenvalue weighted by Crippen LogP contribution is 2.34. The summed E-state index contributed by atoms with van der Waals surface area (Å²) < 4.78 is 6.02. The van der Waals surface area contributed by atoms with Gasteiger partial charge in [0.25, 0.3) is 0 Å². The highest BCUT2D eigenvalue weighted by atomic mass is 35.5. The topological polar surface area (TPSA) is 26.3 Å². The zero-order valence-electron chi connectivity index (χ0n) is 12.6. The number of ether oxygens (including phenoxy) is 1. The van der Waals surface area contributed by atoms with Crippen LogP contribution in [0.1, 0.15) is 34.8 Å². The SMILES string of the molecule is C/C(=C\c1ccccc1)[C@@H]1CC(=O)c2cc(Cl)c(C)cc2O1. The van der Waals surface area contributed by atoms with Gasteiger partial charge in [-0.25, -0.2) is 0 Å². The first-order chi connectivity index (χ1) is 10.5. The third-order valence-corrected chi connectivity index (χ3v) is 4.31. The number of Topliss-reactive ketones (excluding diaryl/α,β-unsaturated/α-hetero) is 1. The lowest BCUT2D eigenvalue weighted by Crippen LogP contribution is -2.28. The van der Waals surface area contributed by atoms with Crippen LogP contribution in [-0.2, 0) is 0 Å². The average Bonchev–Trinajstić information content (AvgIpc) is 2.50. The molecule has 0 N–H and O–H groups in total. The molecular formula is C19H17ClO2. The summed E-state index contributed by atoms with van der Waals surface area (Å²) in [5.41, 5.74) is 3.64. The molecule has 2 aromatic carbocycles. The molecule has 1 aliphatic heterocycles. The number of hydrogen-bond acceptors (Lipinski definition) is 2. The minimum atomic E-state index is -0.221. The maximum atomic E-state index is 12.4. The minimum absolute atomic E-state index is 0.0777. The van der Waals surface area contributed by atoms with Crippen LogP contribution in [0.3, 0.4) is 0 Å². The number of rotatable bonds is 2. The summed E-state index contributed by atoms with van der Waals surface area (Å²) in [6.07, 6.45) is 2.19. The summed E-state index contributed by atoms with van der Waals surface area (Å²) in [6.45, 7) is 3.91. The number of halogens is 1. The summed E-state index contributed by atoms with van der Waals surface area (Å²) >= 11 is 6.10. The number of fused-ring (bicyclic) bond motifs is 1. The molecule has 3 heteroatoms. The van der Waals surface area contributed by atoms with Crippen molar-refractivity contribution in [3.8, 4) is 5.75 Å². The van der Waals surface area contributed by atoms with Crippen molar-refractivity contribution in [1.29, 1.82) is 0 Å². The molecule has 0 saturated heterocycles. The summed E-state index contributed by atoms with van der Waals surface area (Å²) in [5, 5.41) is 0.602. The van der Waals surface area contributed by atoms with Gasteiger partial charge in [0, 0.05) is 5.02 Å². The summed E-state index contributed by atoms with van der Waals surface area (Å²) in [6, 6.07) is 13.6. The van der Waals surface area contributed by atoms with Crippen LogP contribution in [0.25, 0.3) is 6.08 Å². The molecule has 0 fully saturated rings. The molecule has 0 saturated carbocycles. The number of hydrogen-bond donors (Lipinski definition) is 0. The largest absolute Gasteiger partial charge is 0.485 e. The fourth-order valence-corrected chi connectivity index (χ4v) is 2.77. The van der Waals surface area contributed by atoms with Crippen LogP contribution in [0, 0.1) is 6.92 Å². The van der Waals surface area contributed by atoms with Gasteiger partial charge in [-0.2, -0.15) is 0 Å². The maximum Gasteiger partial charge on any atom is 0.170 e. The van der Waals surface area contributed by atoms with Gasteiger partial charge in [0.1, 0.15) is 11.9 Å². The van der Waals surface area contributed by atoms with Crippen molar-refractivity contribution >= 4 is 23.5 Å². The van der Waals surface area contributed by atoms with E-state index in [1.54, 1.807) is 6.07 Å². The number of ketones is 1. The van der Waals surface area contributed by atoms with E-state index in [0.717, 1.165) is 16.7 Å². The highest BCUT2D eigenvalue weighted by Gasteiger charge is 2.28. The van der Waals surface area contributed by atoms with Crippen molar-refractivity contribution < 1.29 is 9.53 Å². The van der Waals surface area contributed by atoms with Gasteiger partial charge in [-0.05, 0) is 42.7 Å². The fraction of sp³-hybridized carbons (Fsp3) is 0.211. The molecule has 0 bridgehead atoms. The lowest BCUT2D eigenvalue weighted by Gasteiger charge is -2.26. The molecule has 0 radical (unpaired) electrons. The third-order valence-electron chi connectivity index (χ3n) is 3.90. The second kappa shape index (κ2) is 5.98. The van der Waals surface area contributed by atoms with Crippen LogP contribution >= 0.6 is 11.6 Å². The molecule has 0 aliphatic carbocycles. The Morgan fingerprint density at radius 1 is 1.27 bits per heavy atom. The maximum absolute atomic E-state index is 12.4. The van der Waals surface area contributed by atoms with Crippen molar-refractivity contribution in [2.75, 3.05) is 0 Å². The van der Waals surface area contributed by atoms with Crippen LogP contribution in [0.5, 0.6) is 5.75 Å². The Hall–Kier alpha value is -2.06. The van der Waals surface area contributed by atoms with Gasteiger partial charge in [-0.1, -0.05) is 48.0 Å². The van der Waals surface area contributed by atoms with E-state index in [2.05, 4.69) is 6.08 Å². The first-order valence-corrected chi connectivity index (χ1v) is 7.65. The molecule has 1 atom stereocenters. The normalized spacial score (nSPS) is 17.9. The quantitative estimate of drug-likeness (QED) is 0.772. The first kappa shape index (κ1) is 14.9. The second-order valence-corrected chi connectivity index (χ2v) is 6.04. The third kappa shape index (κ3) is 2.93. The molecule has 1 heterocycles. The van der Waals surface area contributed by atoms with E-state index in [4.69, 9.17) is 16.3 Å². The fourth-order valence-electron chi connectivity index (χ4n) is 2.60. The van der Waals surface area contributed by atoms with Gasteiger partial charge in [0.05, 0.1) is 12.0 Å². The van der Waals surface area contributed by atoms with Crippen molar-refractivity contribution in [2.45, 2.75) is 26.4 Å². The van der Waals surface area contributed by atoms with Gasteiger partial charge in [-0.3, -0.25) is 4.79 Å². The number of carbonyl (C=O) groups is 1. The minimum Gasteiger partial charge on any atom is -0.485 e. The van der Waals surface area contributed by atoms with Crippen molar-refractivity contribution in [3.63, 3.8) is 0 Å². The lowest BCUT2D eigenvalue weighted by molar-refractivity contribution is 0.0885. The molecule has 0 spiro atoms. The van der Waals surface area contributed by atoms with Gasteiger partial charge >= 0.3 is 0 Å². The van der Waals surface area contributed by atoms with Gasteiger partial charge in [0.2, 0.25) is 0 Å². The summed E-state index contributed by atoms with van der Waals surface area (Å²) in [7, 11) is 0. The Morgan fingerprint density at radius 3 is 2.73 bits per heavy atom. The zero-order valence-corrected chi connectivity index (χ0v) is 13.4. The molecule has 2 nitrogen and oxygen atoms in total. The highest BCUT2D eigenvalue weighted by molar-refractivity contribution is 6.31. The molecular weight excluding hydrogens is 296 g/mol. The van der Waals surface area contributed by atoms with Crippen LogP contribution in [0.4, 0.5) is 0 Å². The van der Waals surface area contributed by atoms with Gasteiger partial charge in [0.15, 0.2) is 5.78 Å². The Labute approximate surface area is 135 Å². The van der Waals surface area contributed by atoms with E-state index in [0.29, 0.717) is 22.8 Å². The summed E-state index contributed by atoms with van der Waals surface area (Å²) in [4.78, 5) is 12.4. The molecule has 3 rings (SSSR count). The Kier molecular flexibility index (Phi) is 4.04. The molecule has 1 aliphatic rings.